The predicted octanol–water partition coefficient (Wildman–Crippen LogP) is 1.04. The normalized spacial score (nSPS) is 20.4. The standard InChI is InChI=1S/C14H19N3O2S/c15-14(20)13(17-6-1-4-16-5-7-17)10-2-3-11-12(8-10)19-9-18-11/h2-3,8,13,16H,1,4-7,9H2,(H2,15,20). The van der Waals surface area contributed by atoms with Crippen LogP contribution in [0.4, 0.5) is 0 Å². The maximum absolute atomic E-state index is 5.99. The van der Waals surface area contributed by atoms with E-state index in [4.69, 9.17) is 27.4 Å². The number of nitrogens with one attached hydrogen (secondary N) is 1. The molecule has 1 atom stereocenters. The minimum Gasteiger partial charge on any atom is -0.454 e. The number of hydrogen-bond acceptors (Lipinski definition) is 5. The zero-order valence-electron chi connectivity index (χ0n) is 11.3. The summed E-state index contributed by atoms with van der Waals surface area (Å²) in [4.78, 5) is 2.84. The van der Waals surface area contributed by atoms with Gasteiger partial charge in [-0.05, 0) is 30.7 Å². The van der Waals surface area contributed by atoms with Gasteiger partial charge in [0, 0.05) is 19.6 Å². The van der Waals surface area contributed by atoms with Gasteiger partial charge < -0.3 is 20.5 Å². The maximum Gasteiger partial charge on any atom is 0.231 e. The van der Waals surface area contributed by atoms with E-state index in [1.54, 1.807) is 0 Å². The topological polar surface area (TPSA) is 59.8 Å². The highest BCUT2D eigenvalue weighted by Gasteiger charge is 2.25. The number of rotatable bonds is 3. The first-order valence-corrected chi connectivity index (χ1v) is 7.30. The molecule has 1 fully saturated rings. The van der Waals surface area contributed by atoms with Crippen LogP contribution in [-0.4, -0.2) is 42.9 Å². The van der Waals surface area contributed by atoms with Gasteiger partial charge in [-0.2, -0.15) is 0 Å². The van der Waals surface area contributed by atoms with E-state index >= 15 is 0 Å². The molecule has 0 saturated carbocycles. The number of thiocarbonyl (C=S) groups is 1. The first-order valence-electron chi connectivity index (χ1n) is 6.89. The predicted molar refractivity (Wildman–Crippen MR) is 81.2 cm³/mol. The number of benzene rings is 1. The van der Waals surface area contributed by atoms with Crippen LogP contribution in [0.3, 0.4) is 0 Å². The second-order valence-electron chi connectivity index (χ2n) is 5.06. The Kier molecular flexibility index (Phi) is 4.05. The zero-order chi connectivity index (χ0) is 13.9. The minimum atomic E-state index is -0.0422. The monoisotopic (exact) mass is 293 g/mol. The van der Waals surface area contributed by atoms with Crippen molar-refractivity contribution in [2.24, 2.45) is 5.73 Å². The molecule has 0 aromatic heterocycles. The van der Waals surface area contributed by atoms with E-state index in [-0.39, 0.29) is 12.8 Å². The zero-order valence-corrected chi connectivity index (χ0v) is 12.1. The van der Waals surface area contributed by atoms with Crippen LogP contribution in [0.15, 0.2) is 18.2 Å². The summed E-state index contributed by atoms with van der Waals surface area (Å²) in [6.07, 6.45) is 1.10. The Hall–Kier alpha value is -1.37. The molecule has 0 radical (unpaired) electrons. The lowest BCUT2D eigenvalue weighted by Crippen LogP contribution is -2.39. The second-order valence-corrected chi connectivity index (χ2v) is 5.53. The molecule has 3 N–H and O–H groups in total. The Morgan fingerprint density at radius 3 is 2.95 bits per heavy atom. The first-order chi connectivity index (χ1) is 9.75. The number of nitrogens with two attached hydrogens (primary N) is 1. The Morgan fingerprint density at radius 1 is 1.25 bits per heavy atom. The van der Waals surface area contributed by atoms with Gasteiger partial charge in [-0.3, -0.25) is 4.90 Å². The number of nitrogens with zero attached hydrogens (tertiary/aromatic N) is 1. The first kappa shape index (κ1) is 13.6. The van der Waals surface area contributed by atoms with Crippen molar-refractivity contribution in [3.05, 3.63) is 23.8 Å². The van der Waals surface area contributed by atoms with Crippen molar-refractivity contribution < 1.29 is 9.47 Å². The van der Waals surface area contributed by atoms with E-state index in [1.165, 1.54) is 0 Å². The molecule has 1 saturated heterocycles. The van der Waals surface area contributed by atoms with Crippen molar-refractivity contribution in [3.8, 4) is 11.5 Å². The molecule has 5 nitrogen and oxygen atoms in total. The summed E-state index contributed by atoms with van der Waals surface area (Å²) >= 11 is 5.30. The SMILES string of the molecule is NC(=S)C(c1ccc2c(c1)OCO2)N1CCCNCC1. The van der Waals surface area contributed by atoms with E-state index in [1.807, 2.05) is 18.2 Å². The summed E-state index contributed by atoms with van der Waals surface area (Å²) in [5, 5.41) is 3.39. The maximum atomic E-state index is 5.99. The van der Waals surface area contributed by atoms with Crippen molar-refractivity contribution >= 4 is 17.2 Å². The van der Waals surface area contributed by atoms with E-state index in [0.29, 0.717) is 4.99 Å². The summed E-state index contributed by atoms with van der Waals surface area (Å²) in [5.74, 6) is 1.56. The highest BCUT2D eigenvalue weighted by molar-refractivity contribution is 7.80. The Labute approximate surface area is 124 Å². The molecule has 2 aliphatic rings. The van der Waals surface area contributed by atoms with Crippen molar-refractivity contribution in [1.82, 2.24) is 10.2 Å². The summed E-state index contributed by atoms with van der Waals surface area (Å²) < 4.78 is 10.8. The molecule has 0 amide bonds. The fraction of sp³-hybridized carbons (Fsp3) is 0.500. The highest BCUT2D eigenvalue weighted by atomic mass is 32.1. The van der Waals surface area contributed by atoms with Crippen LogP contribution in [-0.2, 0) is 0 Å². The Balaban J connectivity index is 1.87. The van der Waals surface area contributed by atoms with Crippen molar-refractivity contribution in [3.63, 3.8) is 0 Å². The molecule has 1 unspecified atom stereocenters. The molecule has 2 heterocycles. The third kappa shape index (κ3) is 2.72. The van der Waals surface area contributed by atoms with Crippen LogP contribution in [0.2, 0.25) is 0 Å². The molecule has 20 heavy (non-hydrogen) atoms. The van der Waals surface area contributed by atoms with Gasteiger partial charge in [0.2, 0.25) is 6.79 Å². The largest absolute Gasteiger partial charge is 0.454 e. The van der Waals surface area contributed by atoms with E-state index in [9.17, 15) is 0 Å². The van der Waals surface area contributed by atoms with E-state index in [2.05, 4.69) is 10.2 Å². The Morgan fingerprint density at radius 2 is 2.10 bits per heavy atom. The third-order valence-electron chi connectivity index (χ3n) is 3.72. The summed E-state index contributed by atoms with van der Waals surface area (Å²) in [6, 6.07) is 5.90. The van der Waals surface area contributed by atoms with Gasteiger partial charge in [-0.15, -0.1) is 0 Å². The molecule has 1 aromatic rings. The third-order valence-corrected chi connectivity index (χ3v) is 3.94. The molecule has 1 aromatic carbocycles. The number of ether oxygens (including phenoxy) is 2. The van der Waals surface area contributed by atoms with Crippen LogP contribution < -0.4 is 20.5 Å². The van der Waals surface area contributed by atoms with Crippen LogP contribution in [0.25, 0.3) is 0 Å². The lowest BCUT2D eigenvalue weighted by molar-refractivity contribution is 0.174. The molecular weight excluding hydrogens is 274 g/mol. The second kappa shape index (κ2) is 5.95. The lowest BCUT2D eigenvalue weighted by Gasteiger charge is -2.30. The lowest BCUT2D eigenvalue weighted by atomic mass is 10.0. The van der Waals surface area contributed by atoms with Crippen LogP contribution in [0, 0.1) is 0 Å². The van der Waals surface area contributed by atoms with Crippen molar-refractivity contribution in [2.75, 3.05) is 33.0 Å². The molecule has 6 heteroatoms. The van der Waals surface area contributed by atoms with Gasteiger partial charge >= 0.3 is 0 Å². The summed E-state index contributed by atoms with van der Waals surface area (Å²) in [7, 11) is 0. The van der Waals surface area contributed by atoms with Gasteiger partial charge in [0.15, 0.2) is 11.5 Å². The van der Waals surface area contributed by atoms with Gasteiger partial charge in [0.05, 0.1) is 11.0 Å². The molecule has 2 aliphatic heterocycles. The molecule has 0 spiro atoms. The van der Waals surface area contributed by atoms with E-state index in [0.717, 1.165) is 49.7 Å². The van der Waals surface area contributed by atoms with Gasteiger partial charge in [-0.1, -0.05) is 18.3 Å². The fourth-order valence-corrected chi connectivity index (χ4v) is 3.05. The minimum absolute atomic E-state index is 0.0422. The quantitative estimate of drug-likeness (QED) is 0.812. The highest BCUT2D eigenvalue weighted by Crippen LogP contribution is 2.35. The summed E-state index contributed by atoms with van der Waals surface area (Å²) in [5.41, 5.74) is 7.07. The molecule has 3 rings (SSSR count). The number of fused-ring (bicyclic) bond motifs is 1. The molecule has 0 aliphatic carbocycles. The molecular formula is C14H19N3O2S. The van der Waals surface area contributed by atoms with Gasteiger partial charge in [0.25, 0.3) is 0 Å². The smallest absolute Gasteiger partial charge is 0.231 e. The van der Waals surface area contributed by atoms with Crippen LogP contribution >= 0.6 is 12.2 Å². The Bertz CT molecular complexity index is 501. The van der Waals surface area contributed by atoms with Crippen molar-refractivity contribution in [1.29, 1.82) is 0 Å². The number of hydrogen-bond donors (Lipinski definition) is 2. The average molecular weight is 293 g/mol. The van der Waals surface area contributed by atoms with Gasteiger partial charge in [-0.25, -0.2) is 0 Å². The van der Waals surface area contributed by atoms with E-state index < -0.39 is 0 Å². The summed E-state index contributed by atoms with van der Waals surface area (Å²) in [6.45, 7) is 4.22. The molecule has 108 valence electrons. The fourth-order valence-electron chi connectivity index (χ4n) is 2.76. The van der Waals surface area contributed by atoms with Crippen molar-refractivity contribution in [2.45, 2.75) is 12.5 Å². The average Bonchev–Trinajstić information content (AvgIpc) is 2.73. The van der Waals surface area contributed by atoms with Crippen LogP contribution in [0.5, 0.6) is 11.5 Å². The van der Waals surface area contributed by atoms with Crippen LogP contribution in [0.1, 0.15) is 18.0 Å². The molecule has 0 bridgehead atoms. The van der Waals surface area contributed by atoms with Gasteiger partial charge in [0.1, 0.15) is 0 Å².